The van der Waals surface area contributed by atoms with E-state index in [2.05, 4.69) is 10.4 Å². The predicted octanol–water partition coefficient (Wildman–Crippen LogP) is 1.56. The summed E-state index contributed by atoms with van der Waals surface area (Å²) in [4.78, 5) is 11.7. The molecule has 1 amide bonds. The highest BCUT2D eigenvalue weighted by atomic mass is 35.5. The summed E-state index contributed by atoms with van der Waals surface area (Å²) in [5.41, 5.74) is -0.0428. The number of nitrogens with zero attached hydrogens (tertiary/aromatic N) is 2. The number of alkyl halides is 1. The normalized spacial score (nSPS) is 13.7. The molecule has 84 valence electrons. The molecule has 0 fully saturated rings. The molecular weight excluding hydrogens is 214 g/mol. The molecule has 0 spiro atoms. The maximum Gasteiger partial charge on any atom is 0.272 e. The predicted molar refractivity (Wildman–Crippen MR) is 60.1 cm³/mol. The van der Waals surface area contributed by atoms with E-state index in [4.69, 9.17) is 11.6 Å². The molecule has 1 aromatic heterocycles. The summed E-state index contributed by atoms with van der Waals surface area (Å²) in [5, 5.41) is 6.71. The molecule has 0 saturated carbocycles. The molecular formula is C10H16ClN3O. The van der Waals surface area contributed by atoms with Crippen LogP contribution in [0, 0.1) is 0 Å². The van der Waals surface area contributed by atoms with Gasteiger partial charge in [-0.2, -0.15) is 5.10 Å². The average Bonchev–Trinajstić information content (AvgIpc) is 2.50. The molecule has 1 atom stereocenters. The van der Waals surface area contributed by atoms with Crippen molar-refractivity contribution < 1.29 is 4.79 Å². The first-order valence-electron chi connectivity index (χ1n) is 4.79. The Kier molecular flexibility index (Phi) is 3.39. The fourth-order valence-electron chi connectivity index (χ4n) is 0.992. The highest BCUT2D eigenvalue weighted by Crippen LogP contribution is 2.15. The lowest BCUT2D eigenvalue weighted by Gasteiger charge is -2.28. The molecule has 4 nitrogen and oxygen atoms in total. The van der Waals surface area contributed by atoms with Gasteiger partial charge in [0.25, 0.3) is 5.91 Å². The van der Waals surface area contributed by atoms with Crippen LogP contribution in [-0.2, 0) is 7.05 Å². The van der Waals surface area contributed by atoms with Gasteiger partial charge in [0.15, 0.2) is 0 Å². The van der Waals surface area contributed by atoms with Crippen molar-refractivity contribution in [3.05, 3.63) is 18.0 Å². The molecule has 0 bridgehead atoms. The standard InChI is InChI=1S/C10H16ClN3O/c1-7(11)10(2,3)12-9(15)8-5-6-14(4)13-8/h5-7H,1-4H3,(H,12,15). The third-order valence-electron chi connectivity index (χ3n) is 2.38. The number of halogens is 1. The molecule has 0 radical (unpaired) electrons. The van der Waals surface area contributed by atoms with E-state index in [-0.39, 0.29) is 11.3 Å². The van der Waals surface area contributed by atoms with Crippen molar-refractivity contribution in [2.24, 2.45) is 7.05 Å². The maximum atomic E-state index is 11.7. The number of hydrogen-bond donors (Lipinski definition) is 1. The van der Waals surface area contributed by atoms with Gasteiger partial charge >= 0.3 is 0 Å². The number of amides is 1. The van der Waals surface area contributed by atoms with Crippen LogP contribution in [0.15, 0.2) is 12.3 Å². The van der Waals surface area contributed by atoms with E-state index in [1.165, 1.54) is 0 Å². The number of aromatic nitrogens is 2. The van der Waals surface area contributed by atoms with Gasteiger partial charge in [-0.3, -0.25) is 9.48 Å². The van der Waals surface area contributed by atoms with Crippen LogP contribution in [0.2, 0.25) is 0 Å². The molecule has 0 aliphatic heterocycles. The van der Waals surface area contributed by atoms with Crippen molar-refractivity contribution in [2.45, 2.75) is 31.7 Å². The first-order chi connectivity index (χ1) is 6.83. The van der Waals surface area contributed by atoms with E-state index in [9.17, 15) is 4.79 Å². The molecule has 1 unspecified atom stereocenters. The zero-order valence-corrected chi connectivity index (χ0v) is 10.2. The Hall–Kier alpha value is -1.03. The Balaban J connectivity index is 2.72. The van der Waals surface area contributed by atoms with E-state index in [0.717, 1.165) is 0 Å². The lowest BCUT2D eigenvalue weighted by molar-refractivity contribution is 0.0906. The van der Waals surface area contributed by atoms with Crippen molar-refractivity contribution in [2.75, 3.05) is 0 Å². The Bertz CT molecular complexity index is 357. The first kappa shape index (κ1) is 12.0. The van der Waals surface area contributed by atoms with Crippen molar-refractivity contribution in [3.8, 4) is 0 Å². The summed E-state index contributed by atoms with van der Waals surface area (Å²) in [6.45, 7) is 5.61. The zero-order valence-electron chi connectivity index (χ0n) is 9.41. The van der Waals surface area contributed by atoms with Crippen LogP contribution in [0.4, 0.5) is 0 Å². The molecule has 1 heterocycles. The van der Waals surface area contributed by atoms with Gasteiger partial charge in [-0.05, 0) is 26.8 Å². The van der Waals surface area contributed by atoms with E-state index >= 15 is 0 Å². The van der Waals surface area contributed by atoms with Gasteiger partial charge in [0.05, 0.1) is 10.9 Å². The van der Waals surface area contributed by atoms with Gasteiger partial charge in [0, 0.05) is 13.2 Å². The van der Waals surface area contributed by atoms with Gasteiger partial charge in [0.1, 0.15) is 5.69 Å². The molecule has 1 aromatic rings. The number of hydrogen-bond acceptors (Lipinski definition) is 2. The van der Waals surface area contributed by atoms with Crippen molar-refractivity contribution in [3.63, 3.8) is 0 Å². The monoisotopic (exact) mass is 229 g/mol. The lowest BCUT2D eigenvalue weighted by atomic mass is 10.0. The Labute approximate surface area is 94.6 Å². The zero-order chi connectivity index (χ0) is 11.6. The SMILES string of the molecule is CC(Cl)C(C)(C)NC(=O)c1ccn(C)n1. The van der Waals surface area contributed by atoms with Crippen LogP contribution in [0.1, 0.15) is 31.3 Å². The van der Waals surface area contributed by atoms with Crippen LogP contribution >= 0.6 is 11.6 Å². The van der Waals surface area contributed by atoms with Gasteiger partial charge in [-0.1, -0.05) is 0 Å². The third kappa shape index (κ3) is 2.96. The number of carbonyl (C=O) groups is 1. The van der Waals surface area contributed by atoms with Gasteiger partial charge in [0.2, 0.25) is 0 Å². The van der Waals surface area contributed by atoms with Crippen molar-refractivity contribution in [1.82, 2.24) is 15.1 Å². The van der Waals surface area contributed by atoms with E-state index in [1.54, 1.807) is 24.0 Å². The number of rotatable bonds is 3. The highest BCUT2D eigenvalue weighted by molar-refractivity contribution is 6.21. The minimum absolute atomic E-state index is 0.148. The highest BCUT2D eigenvalue weighted by Gasteiger charge is 2.27. The summed E-state index contributed by atoms with van der Waals surface area (Å²) in [5.74, 6) is -0.201. The van der Waals surface area contributed by atoms with E-state index in [0.29, 0.717) is 5.69 Å². The smallest absolute Gasteiger partial charge is 0.272 e. The van der Waals surface area contributed by atoms with Crippen molar-refractivity contribution >= 4 is 17.5 Å². The molecule has 1 rings (SSSR count). The van der Waals surface area contributed by atoms with Gasteiger partial charge < -0.3 is 5.32 Å². The molecule has 0 aliphatic carbocycles. The second-order valence-corrected chi connectivity index (χ2v) is 4.82. The topological polar surface area (TPSA) is 46.9 Å². The van der Waals surface area contributed by atoms with Gasteiger partial charge in [-0.25, -0.2) is 0 Å². The molecule has 1 N–H and O–H groups in total. The minimum atomic E-state index is -0.448. The Morgan fingerprint density at radius 2 is 2.27 bits per heavy atom. The summed E-state index contributed by atoms with van der Waals surface area (Å²) in [6, 6.07) is 1.67. The summed E-state index contributed by atoms with van der Waals surface area (Å²) < 4.78 is 1.59. The van der Waals surface area contributed by atoms with Crippen molar-refractivity contribution in [1.29, 1.82) is 0 Å². The fraction of sp³-hybridized carbons (Fsp3) is 0.600. The largest absolute Gasteiger partial charge is 0.344 e. The Morgan fingerprint density at radius 3 is 2.67 bits per heavy atom. The van der Waals surface area contributed by atoms with E-state index in [1.807, 2.05) is 20.8 Å². The maximum absolute atomic E-state index is 11.7. The van der Waals surface area contributed by atoms with Crippen LogP contribution in [0.5, 0.6) is 0 Å². The summed E-state index contributed by atoms with van der Waals surface area (Å²) in [7, 11) is 1.77. The number of nitrogens with one attached hydrogen (secondary N) is 1. The van der Waals surface area contributed by atoms with Crippen LogP contribution in [0.3, 0.4) is 0 Å². The molecule has 0 aliphatic rings. The number of carbonyl (C=O) groups excluding carboxylic acids is 1. The number of aryl methyl sites for hydroxylation is 1. The van der Waals surface area contributed by atoms with E-state index < -0.39 is 5.54 Å². The summed E-state index contributed by atoms with van der Waals surface area (Å²) in [6.07, 6.45) is 1.73. The third-order valence-corrected chi connectivity index (χ3v) is 2.92. The van der Waals surface area contributed by atoms with Crippen LogP contribution in [0.25, 0.3) is 0 Å². The van der Waals surface area contributed by atoms with Crippen LogP contribution < -0.4 is 5.32 Å². The molecule has 0 aromatic carbocycles. The molecule has 15 heavy (non-hydrogen) atoms. The quantitative estimate of drug-likeness (QED) is 0.800. The van der Waals surface area contributed by atoms with Crippen LogP contribution in [-0.4, -0.2) is 26.6 Å². The molecule has 5 heteroatoms. The second-order valence-electron chi connectivity index (χ2n) is 4.17. The first-order valence-corrected chi connectivity index (χ1v) is 5.23. The minimum Gasteiger partial charge on any atom is -0.344 e. The Morgan fingerprint density at radius 1 is 1.67 bits per heavy atom. The molecule has 0 saturated heterocycles. The average molecular weight is 230 g/mol. The van der Waals surface area contributed by atoms with Gasteiger partial charge in [-0.15, -0.1) is 11.6 Å². The fourth-order valence-corrected chi connectivity index (χ4v) is 1.05. The second kappa shape index (κ2) is 4.23. The summed E-state index contributed by atoms with van der Waals surface area (Å²) >= 11 is 5.97. The lowest BCUT2D eigenvalue weighted by Crippen LogP contribution is -2.49.